The second-order valence-electron chi connectivity index (χ2n) is 3.37. The fourth-order valence-corrected chi connectivity index (χ4v) is 4.00. The number of hydrogen-bond donors (Lipinski definition) is 1. The molecule has 7 heteroatoms. The minimum atomic E-state index is -3.28. The molecule has 0 radical (unpaired) electrons. The van der Waals surface area contributed by atoms with E-state index in [4.69, 9.17) is 11.6 Å². The summed E-state index contributed by atoms with van der Waals surface area (Å²) in [7, 11) is -2.40. The van der Waals surface area contributed by atoms with Crippen molar-refractivity contribution in [1.82, 2.24) is 0 Å². The van der Waals surface area contributed by atoms with Crippen molar-refractivity contribution in [2.45, 2.75) is 18.2 Å². The Balaban J connectivity index is 2.77. The van der Waals surface area contributed by atoms with E-state index in [1.165, 1.54) is 12.1 Å². The highest BCUT2D eigenvalue weighted by Gasteiger charge is 2.13. The molecular weight excluding hydrogens is 294 g/mol. The van der Waals surface area contributed by atoms with Crippen molar-refractivity contribution in [1.29, 1.82) is 0 Å². The maximum absolute atomic E-state index is 11.7. The lowest BCUT2D eigenvalue weighted by molar-refractivity contribution is -0.115. The highest BCUT2D eigenvalue weighted by atomic mass is 35.5. The number of carbonyl (C=O) groups excluding carboxylic acids is 1. The predicted octanol–water partition coefficient (Wildman–Crippen LogP) is 2.70. The van der Waals surface area contributed by atoms with Gasteiger partial charge in [0.1, 0.15) is 0 Å². The summed E-state index contributed by atoms with van der Waals surface area (Å²) in [4.78, 5) is 11.5. The van der Waals surface area contributed by atoms with Gasteiger partial charge < -0.3 is 5.32 Å². The second-order valence-corrected chi connectivity index (χ2v) is 7.97. The van der Waals surface area contributed by atoms with Gasteiger partial charge in [-0.3, -0.25) is 4.79 Å². The molecule has 0 spiro atoms. The molecule has 0 fully saturated rings. The summed E-state index contributed by atoms with van der Waals surface area (Å²) in [5, 5.41) is 2.63. The Morgan fingerprint density at radius 3 is 2.44 bits per heavy atom. The number of halogens is 1. The average molecular weight is 308 g/mol. The summed E-state index contributed by atoms with van der Waals surface area (Å²) in [5.74, 6) is 0.561. The Morgan fingerprint density at radius 1 is 1.33 bits per heavy atom. The third kappa shape index (κ3) is 4.51. The molecule has 0 unspecified atom stereocenters. The molecule has 1 aromatic rings. The highest BCUT2D eigenvalue weighted by Crippen LogP contribution is 2.24. The zero-order valence-corrected chi connectivity index (χ0v) is 12.2. The van der Waals surface area contributed by atoms with Crippen molar-refractivity contribution in [2.75, 3.05) is 16.9 Å². The van der Waals surface area contributed by atoms with Crippen LogP contribution in [0.1, 0.15) is 13.3 Å². The van der Waals surface area contributed by atoms with Crippen molar-refractivity contribution in [3.63, 3.8) is 0 Å². The van der Waals surface area contributed by atoms with Gasteiger partial charge in [-0.15, -0.1) is 11.6 Å². The molecule has 1 amide bonds. The van der Waals surface area contributed by atoms with Crippen LogP contribution in [0.2, 0.25) is 0 Å². The first kappa shape index (κ1) is 15.3. The largest absolute Gasteiger partial charge is 0.326 e. The van der Waals surface area contributed by atoms with Crippen LogP contribution in [-0.4, -0.2) is 26.0 Å². The molecular formula is C11H14ClNO3S2. The minimum absolute atomic E-state index is 0.191. The summed E-state index contributed by atoms with van der Waals surface area (Å²) in [5.41, 5.74) is 0.561. The van der Waals surface area contributed by atoms with E-state index < -0.39 is 8.87 Å². The van der Waals surface area contributed by atoms with Gasteiger partial charge in [0.25, 0.3) is 0 Å². The molecule has 0 aliphatic rings. The Bertz CT molecular complexity index is 500. The van der Waals surface area contributed by atoms with Gasteiger partial charge in [0.15, 0.2) is 0 Å². The topological polar surface area (TPSA) is 63.2 Å². The molecule has 1 N–H and O–H groups in total. The first-order valence-electron chi connectivity index (χ1n) is 5.35. The van der Waals surface area contributed by atoms with E-state index in [1.54, 1.807) is 19.1 Å². The third-order valence-electron chi connectivity index (χ3n) is 2.02. The smallest absolute Gasteiger partial charge is 0.229 e. The minimum Gasteiger partial charge on any atom is -0.326 e. The molecule has 1 rings (SSSR count). The summed E-state index contributed by atoms with van der Waals surface area (Å²) < 4.78 is 23.5. The molecule has 1 aromatic carbocycles. The molecule has 0 saturated carbocycles. The second kappa shape index (κ2) is 7.01. The van der Waals surface area contributed by atoms with Gasteiger partial charge in [-0.25, -0.2) is 8.42 Å². The van der Waals surface area contributed by atoms with Gasteiger partial charge in [0.2, 0.25) is 14.8 Å². The first-order chi connectivity index (χ1) is 8.49. The fourth-order valence-electron chi connectivity index (χ4n) is 1.24. The molecule has 0 heterocycles. The Hall–Kier alpha value is -0.720. The van der Waals surface area contributed by atoms with E-state index in [-0.39, 0.29) is 23.1 Å². The lowest BCUT2D eigenvalue weighted by Crippen LogP contribution is -2.11. The first-order valence-corrected chi connectivity index (χ1v) is 8.87. The number of nitrogens with one attached hydrogen (secondary N) is 1. The van der Waals surface area contributed by atoms with Crippen molar-refractivity contribution in [2.24, 2.45) is 0 Å². The maximum Gasteiger partial charge on any atom is 0.229 e. The van der Waals surface area contributed by atoms with Gasteiger partial charge >= 0.3 is 0 Å². The van der Waals surface area contributed by atoms with Crippen LogP contribution in [0, 0.1) is 0 Å². The Kier molecular flexibility index (Phi) is 5.98. The van der Waals surface area contributed by atoms with E-state index in [0.717, 1.165) is 10.8 Å². The van der Waals surface area contributed by atoms with Crippen LogP contribution in [-0.2, 0) is 13.7 Å². The van der Waals surface area contributed by atoms with Crippen molar-refractivity contribution < 1.29 is 13.2 Å². The van der Waals surface area contributed by atoms with Gasteiger partial charge in [-0.1, -0.05) is 6.92 Å². The molecule has 0 aliphatic heterocycles. The molecule has 0 saturated heterocycles. The average Bonchev–Trinajstić information content (AvgIpc) is 2.30. The van der Waals surface area contributed by atoms with E-state index in [1.807, 2.05) is 0 Å². The van der Waals surface area contributed by atoms with E-state index in [0.29, 0.717) is 11.4 Å². The lowest BCUT2D eigenvalue weighted by atomic mass is 10.3. The highest BCUT2D eigenvalue weighted by molar-refractivity contribution is 8.72. The lowest BCUT2D eigenvalue weighted by Gasteiger charge is -2.06. The molecule has 0 aromatic heterocycles. The standard InChI is InChI=1S/C11H14ClNO3S2/c1-2-17-18(15,16)10-5-3-9(4-6-10)13-11(14)7-8-12/h3-6H,2,7-8H2,1H3,(H,13,14). The van der Waals surface area contributed by atoms with Gasteiger partial charge in [-0.05, 0) is 35.1 Å². The molecule has 0 bridgehead atoms. The van der Waals surface area contributed by atoms with E-state index in [9.17, 15) is 13.2 Å². The zero-order chi connectivity index (χ0) is 13.6. The number of benzene rings is 1. The van der Waals surface area contributed by atoms with E-state index >= 15 is 0 Å². The monoisotopic (exact) mass is 307 g/mol. The summed E-state index contributed by atoms with van der Waals surface area (Å²) in [6.45, 7) is 1.78. The van der Waals surface area contributed by atoms with Gasteiger partial charge in [-0.2, -0.15) is 0 Å². The summed E-state index contributed by atoms with van der Waals surface area (Å²) >= 11 is 5.44. The van der Waals surface area contributed by atoms with Crippen LogP contribution in [0.25, 0.3) is 0 Å². The van der Waals surface area contributed by atoms with Gasteiger partial charge in [0, 0.05) is 23.7 Å². The number of carbonyl (C=O) groups is 1. The number of alkyl halides is 1. The third-order valence-corrected chi connectivity index (χ3v) is 5.82. The van der Waals surface area contributed by atoms with Crippen LogP contribution in [0.4, 0.5) is 5.69 Å². The van der Waals surface area contributed by atoms with E-state index in [2.05, 4.69) is 5.32 Å². The van der Waals surface area contributed by atoms with Crippen molar-refractivity contribution >= 4 is 42.9 Å². The van der Waals surface area contributed by atoms with Crippen molar-refractivity contribution in [3.8, 4) is 0 Å². The predicted molar refractivity (Wildman–Crippen MR) is 75.7 cm³/mol. The molecule has 4 nitrogen and oxygen atoms in total. The molecule has 18 heavy (non-hydrogen) atoms. The number of amides is 1. The Labute approximate surface area is 115 Å². The van der Waals surface area contributed by atoms with Gasteiger partial charge in [0.05, 0.1) is 4.90 Å². The molecule has 0 aliphatic carbocycles. The van der Waals surface area contributed by atoms with Crippen LogP contribution in [0.15, 0.2) is 29.2 Å². The van der Waals surface area contributed by atoms with Crippen LogP contribution in [0.5, 0.6) is 0 Å². The maximum atomic E-state index is 11.7. The van der Waals surface area contributed by atoms with Crippen molar-refractivity contribution in [3.05, 3.63) is 24.3 Å². The number of rotatable bonds is 6. The number of hydrogen-bond acceptors (Lipinski definition) is 4. The van der Waals surface area contributed by atoms with Crippen LogP contribution in [0.3, 0.4) is 0 Å². The van der Waals surface area contributed by atoms with Crippen LogP contribution >= 0.6 is 22.4 Å². The quantitative estimate of drug-likeness (QED) is 0.648. The summed E-state index contributed by atoms with van der Waals surface area (Å²) in [6.07, 6.45) is 0.229. The SMILES string of the molecule is CCSS(=O)(=O)c1ccc(NC(=O)CCCl)cc1. The fraction of sp³-hybridized carbons (Fsp3) is 0.364. The molecule has 100 valence electrons. The zero-order valence-electron chi connectivity index (χ0n) is 9.85. The number of anilines is 1. The Morgan fingerprint density at radius 2 is 1.94 bits per heavy atom. The summed E-state index contributed by atoms with van der Waals surface area (Å²) in [6, 6.07) is 6.09. The molecule has 0 atom stereocenters. The van der Waals surface area contributed by atoms with Crippen LogP contribution < -0.4 is 5.32 Å². The normalized spacial score (nSPS) is 11.2.